The van der Waals surface area contributed by atoms with Crippen LogP contribution in [0.15, 0.2) is 29.1 Å². The number of rotatable bonds is 3. The van der Waals surface area contributed by atoms with E-state index in [9.17, 15) is 14.7 Å². The Morgan fingerprint density at radius 3 is 3.04 bits per heavy atom. The first-order valence-corrected chi connectivity index (χ1v) is 9.78. The summed E-state index contributed by atoms with van der Waals surface area (Å²) < 4.78 is 5.42. The maximum Gasteiger partial charge on any atom is 0.338 e. The van der Waals surface area contributed by atoms with E-state index in [0.29, 0.717) is 22.0 Å². The molecule has 0 saturated carbocycles. The number of carbonyl (C=O) groups excluding carboxylic acids is 1. The van der Waals surface area contributed by atoms with Gasteiger partial charge in [-0.1, -0.05) is 13.0 Å². The summed E-state index contributed by atoms with van der Waals surface area (Å²) in [5.41, 5.74) is 1.19. The van der Waals surface area contributed by atoms with E-state index in [1.54, 1.807) is 30.4 Å². The highest BCUT2D eigenvalue weighted by atomic mass is 32.1. The fraction of sp³-hybridized carbons (Fsp3) is 0.350. The Bertz CT molecular complexity index is 1090. The van der Waals surface area contributed by atoms with E-state index in [-0.39, 0.29) is 16.9 Å². The van der Waals surface area contributed by atoms with Crippen LogP contribution in [0.5, 0.6) is 5.75 Å². The highest BCUT2D eigenvalue weighted by molar-refractivity contribution is 7.18. The SMILES string of the molecule is C[C@@H]1CCc2c(sc3nc([C@H](C)OC(=O)c4cccc(O)c4)[nH]c(=O)c23)C1. The van der Waals surface area contributed by atoms with Gasteiger partial charge in [-0.2, -0.15) is 0 Å². The summed E-state index contributed by atoms with van der Waals surface area (Å²) in [6, 6.07) is 5.94. The Morgan fingerprint density at radius 2 is 2.26 bits per heavy atom. The molecule has 0 saturated heterocycles. The van der Waals surface area contributed by atoms with E-state index in [0.717, 1.165) is 24.8 Å². The van der Waals surface area contributed by atoms with Gasteiger partial charge in [0.1, 0.15) is 10.6 Å². The van der Waals surface area contributed by atoms with Gasteiger partial charge in [0, 0.05) is 4.88 Å². The molecule has 4 rings (SSSR count). The third-order valence-corrected chi connectivity index (χ3v) is 6.08. The lowest BCUT2D eigenvalue weighted by molar-refractivity contribution is 0.0319. The smallest absolute Gasteiger partial charge is 0.338 e. The van der Waals surface area contributed by atoms with Crippen molar-refractivity contribution in [2.45, 2.75) is 39.2 Å². The Labute approximate surface area is 159 Å². The zero-order valence-electron chi connectivity index (χ0n) is 15.1. The number of carbonyl (C=O) groups is 1. The quantitative estimate of drug-likeness (QED) is 0.671. The molecule has 7 heteroatoms. The monoisotopic (exact) mass is 384 g/mol. The van der Waals surface area contributed by atoms with E-state index in [4.69, 9.17) is 4.74 Å². The number of ether oxygens (including phenoxy) is 1. The van der Waals surface area contributed by atoms with Gasteiger partial charge in [0.15, 0.2) is 11.9 Å². The molecule has 0 bridgehead atoms. The number of nitrogens with one attached hydrogen (secondary N) is 1. The Kier molecular flexibility index (Phi) is 4.47. The van der Waals surface area contributed by atoms with Gasteiger partial charge in [-0.05, 0) is 55.9 Å². The van der Waals surface area contributed by atoms with E-state index >= 15 is 0 Å². The molecule has 2 N–H and O–H groups in total. The molecule has 2 aromatic heterocycles. The van der Waals surface area contributed by atoms with Crippen LogP contribution in [-0.4, -0.2) is 21.0 Å². The summed E-state index contributed by atoms with van der Waals surface area (Å²) >= 11 is 1.56. The molecule has 6 nitrogen and oxygen atoms in total. The van der Waals surface area contributed by atoms with Crippen LogP contribution in [0, 0.1) is 5.92 Å². The third kappa shape index (κ3) is 3.35. The molecule has 140 valence electrons. The van der Waals surface area contributed by atoms with E-state index < -0.39 is 12.1 Å². The van der Waals surface area contributed by atoms with Gasteiger partial charge in [0.05, 0.1) is 10.9 Å². The number of hydrogen-bond donors (Lipinski definition) is 2. The number of phenolic OH excluding ortho intramolecular Hbond substituents is 1. The van der Waals surface area contributed by atoms with Gasteiger partial charge in [0.2, 0.25) is 0 Å². The first-order valence-electron chi connectivity index (χ1n) is 8.97. The summed E-state index contributed by atoms with van der Waals surface area (Å²) in [5.74, 6) is 0.350. The second-order valence-corrected chi connectivity index (χ2v) is 8.16. The summed E-state index contributed by atoms with van der Waals surface area (Å²) in [5, 5.41) is 10.2. The van der Waals surface area contributed by atoms with Gasteiger partial charge in [0.25, 0.3) is 5.56 Å². The number of thiophene rings is 1. The van der Waals surface area contributed by atoms with Crippen molar-refractivity contribution >= 4 is 27.5 Å². The van der Waals surface area contributed by atoms with Gasteiger partial charge < -0.3 is 14.8 Å². The zero-order valence-corrected chi connectivity index (χ0v) is 15.9. The fourth-order valence-electron chi connectivity index (χ4n) is 3.48. The third-order valence-electron chi connectivity index (χ3n) is 4.93. The molecule has 1 aliphatic carbocycles. The lowest BCUT2D eigenvalue weighted by Gasteiger charge is -2.17. The summed E-state index contributed by atoms with van der Waals surface area (Å²) in [4.78, 5) is 34.2. The molecule has 2 atom stereocenters. The molecule has 0 unspecified atom stereocenters. The van der Waals surface area contributed by atoms with Crippen molar-refractivity contribution in [1.82, 2.24) is 9.97 Å². The van der Waals surface area contributed by atoms with Crippen LogP contribution in [0.3, 0.4) is 0 Å². The molecule has 0 fully saturated rings. The second kappa shape index (κ2) is 6.81. The number of nitrogens with zero attached hydrogens (tertiary/aromatic N) is 1. The van der Waals surface area contributed by atoms with Crippen LogP contribution in [0.1, 0.15) is 53.0 Å². The number of H-pyrrole nitrogens is 1. The van der Waals surface area contributed by atoms with Gasteiger partial charge in [-0.15, -0.1) is 11.3 Å². The molecule has 27 heavy (non-hydrogen) atoms. The minimum atomic E-state index is -0.713. The van der Waals surface area contributed by atoms with Crippen molar-refractivity contribution < 1.29 is 14.6 Å². The molecule has 1 aromatic carbocycles. The van der Waals surface area contributed by atoms with Crippen LogP contribution in [0.2, 0.25) is 0 Å². The zero-order chi connectivity index (χ0) is 19.1. The number of hydrogen-bond acceptors (Lipinski definition) is 6. The van der Waals surface area contributed by atoms with Gasteiger partial charge >= 0.3 is 5.97 Å². The minimum Gasteiger partial charge on any atom is -0.508 e. The molecule has 0 radical (unpaired) electrons. The van der Waals surface area contributed by atoms with Crippen molar-refractivity contribution in [1.29, 1.82) is 0 Å². The van der Waals surface area contributed by atoms with Gasteiger partial charge in [-0.3, -0.25) is 4.79 Å². The highest BCUT2D eigenvalue weighted by Crippen LogP contribution is 2.36. The number of esters is 1. The molecule has 3 aromatic rings. The van der Waals surface area contributed by atoms with Crippen molar-refractivity contribution in [2.24, 2.45) is 5.92 Å². The predicted molar refractivity (Wildman–Crippen MR) is 103 cm³/mol. The maximum atomic E-state index is 12.7. The lowest BCUT2D eigenvalue weighted by Crippen LogP contribution is -2.18. The summed E-state index contributed by atoms with van der Waals surface area (Å²) in [6.07, 6.45) is 2.25. The summed E-state index contributed by atoms with van der Waals surface area (Å²) in [7, 11) is 0. The van der Waals surface area contributed by atoms with Crippen molar-refractivity contribution in [3.8, 4) is 5.75 Å². The van der Waals surface area contributed by atoms with E-state index in [1.807, 2.05) is 0 Å². The molecular formula is C20H20N2O4S. The number of fused-ring (bicyclic) bond motifs is 3. The van der Waals surface area contributed by atoms with Crippen LogP contribution in [0.4, 0.5) is 0 Å². The summed E-state index contributed by atoms with van der Waals surface area (Å²) in [6.45, 7) is 3.89. The number of aromatic amines is 1. The molecule has 0 spiro atoms. The molecule has 0 amide bonds. The van der Waals surface area contributed by atoms with Crippen LogP contribution in [-0.2, 0) is 17.6 Å². The Balaban J connectivity index is 1.64. The first kappa shape index (κ1) is 17.7. The molecular weight excluding hydrogens is 364 g/mol. The fourth-order valence-corrected chi connectivity index (χ4v) is 4.87. The van der Waals surface area contributed by atoms with Crippen molar-refractivity contribution in [2.75, 3.05) is 0 Å². The van der Waals surface area contributed by atoms with Crippen LogP contribution >= 0.6 is 11.3 Å². The standard InChI is InChI=1S/C20H20N2O4S/c1-10-6-7-14-15(8-10)27-19-16(14)18(24)21-17(22-19)11(2)26-20(25)12-4-3-5-13(23)9-12/h3-5,9-11,23H,6-8H2,1-2H3,(H,21,22,24)/t10-,11+/m1/s1. The van der Waals surface area contributed by atoms with Gasteiger partial charge in [-0.25, -0.2) is 9.78 Å². The Morgan fingerprint density at radius 1 is 1.44 bits per heavy atom. The average molecular weight is 384 g/mol. The number of aromatic nitrogens is 2. The second-order valence-electron chi connectivity index (χ2n) is 7.08. The van der Waals surface area contributed by atoms with Crippen molar-refractivity contribution in [3.05, 3.63) is 56.4 Å². The normalized spacial score (nSPS) is 17.5. The highest BCUT2D eigenvalue weighted by Gasteiger charge is 2.24. The van der Waals surface area contributed by atoms with E-state index in [2.05, 4.69) is 16.9 Å². The van der Waals surface area contributed by atoms with Crippen molar-refractivity contribution in [3.63, 3.8) is 0 Å². The minimum absolute atomic E-state index is 0.0107. The molecule has 1 aliphatic rings. The van der Waals surface area contributed by atoms with Crippen LogP contribution < -0.4 is 5.56 Å². The number of phenols is 1. The maximum absolute atomic E-state index is 12.7. The number of benzene rings is 1. The first-order chi connectivity index (χ1) is 12.9. The number of aromatic hydroxyl groups is 1. The topological polar surface area (TPSA) is 92.3 Å². The molecule has 0 aliphatic heterocycles. The van der Waals surface area contributed by atoms with E-state index in [1.165, 1.54) is 17.0 Å². The largest absolute Gasteiger partial charge is 0.508 e. The number of aryl methyl sites for hydroxylation is 1. The lowest BCUT2D eigenvalue weighted by atomic mass is 9.89. The molecule has 2 heterocycles. The Hall–Kier alpha value is -2.67. The average Bonchev–Trinajstić information content (AvgIpc) is 2.99. The predicted octanol–water partition coefficient (Wildman–Crippen LogP) is 3.73. The van der Waals surface area contributed by atoms with Crippen LogP contribution in [0.25, 0.3) is 10.2 Å².